The number of hydrogen-bond acceptors (Lipinski definition) is 3. The van der Waals surface area contributed by atoms with E-state index in [9.17, 15) is 0 Å². The van der Waals surface area contributed by atoms with Gasteiger partial charge in [0.25, 0.3) is 0 Å². The second kappa shape index (κ2) is 6.20. The van der Waals surface area contributed by atoms with Gasteiger partial charge in [0.2, 0.25) is 0 Å². The summed E-state index contributed by atoms with van der Waals surface area (Å²) in [6.07, 6.45) is 6.68. The largest absolute Gasteiger partial charge is 0.377 e. The van der Waals surface area contributed by atoms with E-state index < -0.39 is 0 Å². The van der Waals surface area contributed by atoms with Gasteiger partial charge >= 0.3 is 0 Å². The van der Waals surface area contributed by atoms with Crippen LogP contribution in [0.4, 0.5) is 11.4 Å². The molecule has 1 aromatic heterocycles. The minimum absolute atomic E-state index is 0.258. The first-order chi connectivity index (χ1) is 10.3. The number of aromatic nitrogens is 2. The van der Waals surface area contributed by atoms with Gasteiger partial charge in [-0.25, -0.2) is 0 Å². The van der Waals surface area contributed by atoms with Crippen LogP contribution in [0.1, 0.15) is 38.3 Å². The lowest BCUT2D eigenvalue weighted by molar-refractivity contribution is 0.658. The SMILES string of the molecule is CCn1cc(C(C)Nc2ccccc2N2CCCC2)cn1. The van der Waals surface area contributed by atoms with Gasteiger partial charge in [-0.2, -0.15) is 5.10 Å². The Balaban J connectivity index is 1.77. The standard InChI is InChI=1S/C17H24N4/c1-3-21-13-15(12-18-21)14(2)19-16-8-4-5-9-17(16)20-10-6-7-11-20/h4-5,8-9,12-14,19H,3,6-7,10-11H2,1-2H3. The van der Waals surface area contributed by atoms with E-state index in [0.29, 0.717) is 0 Å². The number of nitrogens with one attached hydrogen (secondary N) is 1. The fraction of sp³-hybridized carbons (Fsp3) is 0.471. The highest BCUT2D eigenvalue weighted by Gasteiger charge is 2.17. The Morgan fingerprint density at radius 3 is 2.71 bits per heavy atom. The van der Waals surface area contributed by atoms with Crippen molar-refractivity contribution in [1.82, 2.24) is 9.78 Å². The quantitative estimate of drug-likeness (QED) is 0.909. The second-order valence-electron chi connectivity index (χ2n) is 5.71. The Bertz CT molecular complexity index is 584. The zero-order valence-corrected chi connectivity index (χ0v) is 12.9. The summed E-state index contributed by atoms with van der Waals surface area (Å²) in [5, 5.41) is 8.01. The summed E-state index contributed by atoms with van der Waals surface area (Å²) < 4.78 is 1.97. The molecule has 2 heterocycles. The van der Waals surface area contributed by atoms with Crippen molar-refractivity contribution in [1.29, 1.82) is 0 Å². The van der Waals surface area contributed by atoms with Crippen LogP contribution in [-0.4, -0.2) is 22.9 Å². The lowest BCUT2D eigenvalue weighted by atomic mass is 10.1. The van der Waals surface area contributed by atoms with Gasteiger partial charge in [0.1, 0.15) is 0 Å². The molecular weight excluding hydrogens is 260 g/mol. The van der Waals surface area contributed by atoms with E-state index in [1.54, 1.807) is 0 Å². The zero-order valence-electron chi connectivity index (χ0n) is 12.9. The zero-order chi connectivity index (χ0) is 14.7. The molecule has 112 valence electrons. The molecule has 1 fully saturated rings. The van der Waals surface area contributed by atoms with E-state index in [1.165, 1.54) is 42.9 Å². The smallest absolute Gasteiger partial charge is 0.0602 e. The van der Waals surface area contributed by atoms with Crippen molar-refractivity contribution in [2.45, 2.75) is 39.3 Å². The van der Waals surface area contributed by atoms with Gasteiger partial charge in [0, 0.05) is 31.4 Å². The molecule has 1 N–H and O–H groups in total. The lowest BCUT2D eigenvalue weighted by Gasteiger charge is -2.24. The van der Waals surface area contributed by atoms with Gasteiger partial charge in [-0.15, -0.1) is 0 Å². The molecule has 2 aromatic rings. The molecule has 0 saturated carbocycles. The topological polar surface area (TPSA) is 33.1 Å². The molecule has 1 unspecified atom stereocenters. The number of anilines is 2. The molecule has 4 nitrogen and oxygen atoms in total. The highest BCUT2D eigenvalue weighted by molar-refractivity contribution is 5.70. The van der Waals surface area contributed by atoms with Gasteiger partial charge in [-0.3, -0.25) is 4.68 Å². The average Bonchev–Trinajstić information content (AvgIpc) is 3.19. The van der Waals surface area contributed by atoms with Crippen molar-refractivity contribution >= 4 is 11.4 Å². The Morgan fingerprint density at radius 2 is 2.00 bits per heavy atom. The number of benzene rings is 1. The minimum atomic E-state index is 0.258. The number of nitrogens with zero attached hydrogens (tertiary/aromatic N) is 3. The van der Waals surface area contributed by atoms with E-state index in [1.807, 2.05) is 10.9 Å². The molecule has 4 heteroatoms. The molecule has 1 aliphatic rings. The van der Waals surface area contributed by atoms with Crippen LogP contribution in [0.3, 0.4) is 0 Å². The van der Waals surface area contributed by atoms with Crippen molar-refractivity contribution < 1.29 is 0 Å². The van der Waals surface area contributed by atoms with Crippen molar-refractivity contribution in [2.24, 2.45) is 0 Å². The molecule has 1 aromatic carbocycles. The maximum atomic E-state index is 4.36. The molecule has 1 saturated heterocycles. The molecule has 0 spiro atoms. The third kappa shape index (κ3) is 3.04. The maximum Gasteiger partial charge on any atom is 0.0602 e. The van der Waals surface area contributed by atoms with E-state index in [2.05, 4.69) is 59.6 Å². The minimum Gasteiger partial charge on any atom is -0.377 e. The normalized spacial score (nSPS) is 16.2. The summed E-state index contributed by atoms with van der Waals surface area (Å²) in [7, 11) is 0. The van der Waals surface area contributed by atoms with Crippen LogP contribution in [0.5, 0.6) is 0 Å². The Kier molecular flexibility index (Phi) is 4.13. The Labute approximate surface area is 126 Å². The summed E-state index contributed by atoms with van der Waals surface area (Å²) in [6, 6.07) is 8.88. The van der Waals surface area contributed by atoms with Gasteiger partial charge in [0.05, 0.1) is 23.6 Å². The number of aryl methyl sites for hydroxylation is 1. The number of para-hydroxylation sites is 2. The Morgan fingerprint density at radius 1 is 1.24 bits per heavy atom. The summed E-state index contributed by atoms with van der Waals surface area (Å²) in [6.45, 7) is 7.55. The second-order valence-corrected chi connectivity index (χ2v) is 5.71. The third-order valence-corrected chi connectivity index (χ3v) is 4.20. The molecule has 0 amide bonds. The van der Waals surface area contributed by atoms with Crippen LogP contribution in [0, 0.1) is 0 Å². The van der Waals surface area contributed by atoms with Crippen molar-refractivity contribution in [3.05, 3.63) is 42.2 Å². The van der Waals surface area contributed by atoms with Gasteiger partial charge < -0.3 is 10.2 Å². The molecule has 0 aliphatic carbocycles. The van der Waals surface area contributed by atoms with Crippen molar-refractivity contribution in [2.75, 3.05) is 23.3 Å². The molecule has 0 bridgehead atoms. The molecule has 1 atom stereocenters. The number of rotatable bonds is 5. The van der Waals surface area contributed by atoms with Gasteiger partial charge in [-0.05, 0) is 38.8 Å². The lowest BCUT2D eigenvalue weighted by Crippen LogP contribution is -2.19. The molecule has 21 heavy (non-hydrogen) atoms. The predicted molar refractivity (Wildman–Crippen MR) is 87.8 cm³/mol. The van der Waals surface area contributed by atoms with Crippen LogP contribution in [0.15, 0.2) is 36.7 Å². The van der Waals surface area contributed by atoms with Crippen LogP contribution < -0.4 is 10.2 Å². The molecular formula is C17H24N4. The van der Waals surface area contributed by atoms with E-state index >= 15 is 0 Å². The Hall–Kier alpha value is -1.97. The molecule has 3 rings (SSSR count). The highest BCUT2D eigenvalue weighted by atomic mass is 15.3. The van der Waals surface area contributed by atoms with Crippen LogP contribution in [0.25, 0.3) is 0 Å². The van der Waals surface area contributed by atoms with Crippen molar-refractivity contribution in [3.8, 4) is 0 Å². The van der Waals surface area contributed by atoms with E-state index in [-0.39, 0.29) is 6.04 Å². The summed E-state index contributed by atoms with van der Waals surface area (Å²) in [5.74, 6) is 0. The average molecular weight is 284 g/mol. The first-order valence-electron chi connectivity index (χ1n) is 7.91. The summed E-state index contributed by atoms with van der Waals surface area (Å²) >= 11 is 0. The first-order valence-corrected chi connectivity index (χ1v) is 7.91. The monoisotopic (exact) mass is 284 g/mol. The fourth-order valence-electron chi connectivity index (χ4n) is 2.92. The number of hydrogen-bond donors (Lipinski definition) is 1. The van der Waals surface area contributed by atoms with Crippen LogP contribution in [-0.2, 0) is 6.54 Å². The van der Waals surface area contributed by atoms with Crippen LogP contribution >= 0.6 is 0 Å². The predicted octanol–water partition coefficient (Wildman–Crippen LogP) is 3.68. The van der Waals surface area contributed by atoms with E-state index in [0.717, 1.165) is 6.54 Å². The highest BCUT2D eigenvalue weighted by Crippen LogP contribution is 2.31. The first kappa shape index (κ1) is 14.0. The summed E-state index contributed by atoms with van der Waals surface area (Å²) in [4.78, 5) is 2.48. The maximum absolute atomic E-state index is 4.36. The molecule has 1 aliphatic heterocycles. The van der Waals surface area contributed by atoms with Gasteiger partial charge in [-0.1, -0.05) is 12.1 Å². The van der Waals surface area contributed by atoms with Crippen molar-refractivity contribution in [3.63, 3.8) is 0 Å². The third-order valence-electron chi connectivity index (χ3n) is 4.20. The van der Waals surface area contributed by atoms with Gasteiger partial charge in [0.15, 0.2) is 0 Å². The van der Waals surface area contributed by atoms with Crippen LogP contribution in [0.2, 0.25) is 0 Å². The van der Waals surface area contributed by atoms with E-state index in [4.69, 9.17) is 0 Å². The molecule has 0 radical (unpaired) electrons. The fourth-order valence-corrected chi connectivity index (χ4v) is 2.92. The summed E-state index contributed by atoms with van der Waals surface area (Å²) in [5.41, 5.74) is 3.77.